The van der Waals surface area contributed by atoms with E-state index in [1.54, 1.807) is 0 Å². The number of fused-ring (bicyclic) bond motifs is 1. The van der Waals surface area contributed by atoms with Crippen molar-refractivity contribution < 1.29 is 4.74 Å². The zero-order chi connectivity index (χ0) is 24.9. The highest BCUT2D eigenvalue weighted by Crippen LogP contribution is 2.27. The maximum absolute atomic E-state index is 13.1. The second kappa shape index (κ2) is 11.1. The molecular weight excluding hydrogens is 452 g/mol. The molecule has 2 aromatic heterocycles. The van der Waals surface area contributed by atoms with Crippen molar-refractivity contribution in [2.24, 2.45) is 0 Å². The Balaban J connectivity index is 1.44. The lowest BCUT2D eigenvalue weighted by Crippen LogP contribution is -2.37. The number of nitrogens with one attached hydrogen (secondary N) is 1. The van der Waals surface area contributed by atoms with Gasteiger partial charge < -0.3 is 9.72 Å². The Hall–Kier alpha value is -3.36. The van der Waals surface area contributed by atoms with Crippen molar-refractivity contribution in [1.82, 2.24) is 30.1 Å². The van der Waals surface area contributed by atoms with Crippen LogP contribution in [-0.4, -0.2) is 49.3 Å². The molecule has 0 radical (unpaired) electrons. The average Bonchev–Trinajstić information content (AvgIpc) is 3.57. The first-order valence-electron chi connectivity index (χ1n) is 12.9. The number of ether oxygens (including phenoxy) is 1. The predicted molar refractivity (Wildman–Crippen MR) is 140 cm³/mol. The van der Waals surface area contributed by atoms with E-state index in [2.05, 4.69) is 69.6 Å². The Bertz CT molecular complexity index is 1340. The summed E-state index contributed by atoms with van der Waals surface area (Å²) in [6, 6.07) is 18.5. The fourth-order valence-electron chi connectivity index (χ4n) is 5.15. The fourth-order valence-corrected chi connectivity index (χ4v) is 5.15. The van der Waals surface area contributed by atoms with E-state index in [0.29, 0.717) is 13.1 Å². The second-order valence-electron chi connectivity index (χ2n) is 9.70. The van der Waals surface area contributed by atoms with E-state index in [1.165, 1.54) is 11.1 Å². The SMILES string of the molecule is CC[C@@H](c1nnnn1CCc1ccccc1)N(Cc1cc2cc(C)ccc2[nH]c1=O)C[C@H]1CCCO1. The van der Waals surface area contributed by atoms with Crippen LogP contribution < -0.4 is 5.56 Å². The van der Waals surface area contributed by atoms with Crippen molar-refractivity contribution in [1.29, 1.82) is 0 Å². The van der Waals surface area contributed by atoms with Crippen LogP contribution in [0.1, 0.15) is 54.7 Å². The lowest BCUT2D eigenvalue weighted by atomic mass is 10.1. The van der Waals surface area contributed by atoms with Crippen LogP contribution in [0.15, 0.2) is 59.4 Å². The van der Waals surface area contributed by atoms with Crippen LogP contribution in [-0.2, 0) is 24.2 Å². The Morgan fingerprint density at radius 2 is 2.06 bits per heavy atom. The molecule has 5 rings (SSSR count). The number of benzene rings is 2. The molecule has 2 aromatic carbocycles. The van der Waals surface area contributed by atoms with Gasteiger partial charge in [-0.1, -0.05) is 48.9 Å². The van der Waals surface area contributed by atoms with Gasteiger partial charge in [-0.3, -0.25) is 9.69 Å². The minimum Gasteiger partial charge on any atom is -0.377 e. The first-order valence-corrected chi connectivity index (χ1v) is 12.9. The van der Waals surface area contributed by atoms with Crippen LogP contribution in [0.5, 0.6) is 0 Å². The molecule has 1 aliphatic heterocycles. The summed E-state index contributed by atoms with van der Waals surface area (Å²) in [6.07, 6.45) is 3.92. The molecule has 0 spiro atoms. The van der Waals surface area contributed by atoms with Crippen LogP contribution >= 0.6 is 0 Å². The van der Waals surface area contributed by atoms with Gasteiger partial charge in [-0.2, -0.15) is 0 Å². The van der Waals surface area contributed by atoms with Gasteiger partial charge >= 0.3 is 0 Å². The van der Waals surface area contributed by atoms with Gasteiger partial charge in [-0.15, -0.1) is 5.10 Å². The summed E-state index contributed by atoms with van der Waals surface area (Å²) < 4.78 is 7.91. The number of H-pyrrole nitrogens is 1. The molecule has 188 valence electrons. The molecule has 1 aliphatic rings. The predicted octanol–water partition coefficient (Wildman–Crippen LogP) is 4.20. The van der Waals surface area contributed by atoms with E-state index >= 15 is 0 Å². The third-order valence-corrected chi connectivity index (χ3v) is 7.05. The Morgan fingerprint density at radius 1 is 1.19 bits per heavy atom. The highest BCUT2D eigenvalue weighted by molar-refractivity contribution is 5.79. The lowest BCUT2D eigenvalue weighted by Gasteiger charge is -2.32. The monoisotopic (exact) mass is 486 g/mol. The van der Waals surface area contributed by atoms with E-state index in [0.717, 1.165) is 61.1 Å². The molecule has 3 heterocycles. The van der Waals surface area contributed by atoms with Gasteiger partial charge in [0.05, 0.1) is 12.1 Å². The highest BCUT2D eigenvalue weighted by Gasteiger charge is 2.29. The third kappa shape index (κ3) is 5.55. The van der Waals surface area contributed by atoms with Crippen LogP contribution in [0.4, 0.5) is 0 Å². The summed E-state index contributed by atoms with van der Waals surface area (Å²) in [7, 11) is 0. The van der Waals surface area contributed by atoms with Crippen molar-refractivity contribution in [3.8, 4) is 0 Å². The maximum atomic E-state index is 13.1. The molecule has 8 heteroatoms. The van der Waals surface area contributed by atoms with Gasteiger partial charge in [-0.05, 0) is 72.2 Å². The number of hydrogen-bond acceptors (Lipinski definition) is 6. The molecule has 0 saturated carbocycles. The molecule has 1 fully saturated rings. The average molecular weight is 487 g/mol. The number of aromatic nitrogens is 5. The van der Waals surface area contributed by atoms with Gasteiger partial charge in [0.15, 0.2) is 5.82 Å². The summed E-state index contributed by atoms with van der Waals surface area (Å²) in [6.45, 7) is 6.94. The Morgan fingerprint density at radius 3 is 2.83 bits per heavy atom. The van der Waals surface area contributed by atoms with Gasteiger partial charge in [-0.25, -0.2) is 4.68 Å². The zero-order valence-electron chi connectivity index (χ0n) is 21.1. The molecule has 1 N–H and O–H groups in total. The largest absolute Gasteiger partial charge is 0.377 e. The van der Waals surface area contributed by atoms with Crippen LogP contribution in [0.3, 0.4) is 0 Å². The third-order valence-electron chi connectivity index (χ3n) is 7.05. The summed E-state index contributed by atoms with van der Waals surface area (Å²) in [5, 5.41) is 13.8. The van der Waals surface area contributed by atoms with Crippen molar-refractivity contribution in [2.45, 2.75) is 64.8 Å². The standard InChI is InChI=1S/C28H34N6O2/c1-3-26(27-30-31-32-34(27)14-13-21-8-5-4-6-9-21)33(19-24-10-7-15-36-24)18-23-17-22-16-20(2)11-12-25(22)29-28(23)35/h4-6,8-9,11-12,16-17,24,26H,3,7,10,13-15,18-19H2,1-2H3,(H,29,35)/t24-,26+/m1/s1. The Labute approximate surface area is 211 Å². The van der Waals surface area contributed by atoms with E-state index in [1.807, 2.05) is 28.9 Å². The molecule has 0 unspecified atom stereocenters. The summed E-state index contributed by atoms with van der Waals surface area (Å²) in [5.41, 5.74) is 3.97. The highest BCUT2D eigenvalue weighted by atomic mass is 16.5. The molecule has 8 nitrogen and oxygen atoms in total. The summed E-state index contributed by atoms with van der Waals surface area (Å²) in [4.78, 5) is 18.4. The smallest absolute Gasteiger partial charge is 0.252 e. The number of nitrogens with zero attached hydrogens (tertiary/aromatic N) is 5. The van der Waals surface area contributed by atoms with Gasteiger partial charge in [0.2, 0.25) is 0 Å². The lowest BCUT2D eigenvalue weighted by molar-refractivity contribution is 0.0488. The van der Waals surface area contributed by atoms with Gasteiger partial charge in [0, 0.05) is 37.3 Å². The quantitative estimate of drug-likeness (QED) is 0.361. The number of aromatic amines is 1. The van der Waals surface area contributed by atoms with Crippen LogP contribution in [0, 0.1) is 6.92 Å². The topological polar surface area (TPSA) is 88.9 Å². The molecule has 2 atom stereocenters. The normalized spacial score (nSPS) is 16.7. The molecule has 4 aromatic rings. The van der Waals surface area contributed by atoms with E-state index < -0.39 is 0 Å². The van der Waals surface area contributed by atoms with Gasteiger partial charge in [0.25, 0.3) is 5.56 Å². The zero-order valence-corrected chi connectivity index (χ0v) is 21.1. The second-order valence-corrected chi connectivity index (χ2v) is 9.70. The van der Waals surface area contributed by atoms with Crippen molar-refractivity contribution in [2.75, 3.05) is 13.2 Å². The maximum Gasteiger partial charge on any atom is 0.252 e. The number of rotatable bonds is 10. The van der Waals surface area contributed by atoms with Gasteiger partial charge in [0.1, 0.15) is 0 Å². The number of aryl methyl sites for hydroxylation is 3. The molecule has 36 heavy (non-hydrogen) atoms. The van der Waals surface area contributed by atoms with Crippen molar-refractivity contribution in [3.63, 3.8) is 0 Å². The molecule has 1 saturated heterocycles. The molecule has 0 amide bonds. The first-order chi connectivity index (χ1) is 17.6. The number of tetrazole rings is 1. The summed E-state index contributed by atoms with van der Waals surface area (Å²) >= 11 is 0. The van der Waals surface area contributed by atoms with Crippen molar-refractivity contribution >= 4 is 10.9 Å². The fraction of sp³-hybridized carbons (Fsp3) is 0.429. The van der Waals surface area contributed by atoms with Crippen LogP contribution in [0.25, 0.3) is 10.9 Å². The van der Waals surface area contributed by atoms with Crippen LogP contribution in [0.2, 0.25) is 0 Å². The first kappa shape index (κ1) is 24.3. The molecular formula is C28H34N6O2. The molecule has 0 bridgehead atoms. The van der Waals surface area contributed by atoms with Crippen molar-refractivity contribution in [3.05, 3.63) is 87.5 Å². The molecule has 0 aliphatic carbocycles. The van der Waals surface area contributed by atoms with E-state index in [-0.39, 0.29) is 17.7 Å². The summed E-state index contributed by atoms with van der Waals surface area (Å²) in [5.74, 6) is 0.833. The number of hydrogen-bond donors (Lipinski definition) is 1. The number of pyridine rings is 1. The minimum absolute atomic E-state index is 0.0346. The van der Waals surface area contributed by atoms with E-state index in [9.17, 15) is 4.79 Å². The minimum atomic E-state index is -0.0535. The Kier molecular flexibility index (Phi) is 7.53. The van der Waals surface area contributed by atoms with E-state index in [4.69, 9.17) is 4.74 Å².